The Morgan fingerprint density at radius 2 is 1.69 bits per heavy atom. The molecule has 7 nitrogen and oxygen atoms in total. The van der Waals surface area contributed by atoms with Crippen molar-refractivity contribution in [2.75, 3.05) is 27.2 Å². The molecule has 0 unspecified atom stereocenters. The number of hydrogen-bond donors (Lipinski definition) is 0. The number of hydrogen-bond acceptors (Lipinski definition) is 6. The number of nitrogens with zero attached hydrogens (tertiary/aromatic N) is 2. The number of sulfonamides is 2. The lowest BCUT2D eigenvalue weighted by Crippen LogP contribution is -2.40. The summed E-state index contributed by atoms with van der Waals surface area (Å²) in [5.41, 5.74) is 2.86. The Bertz CT molecular complexity index is 1240. The third kappa shape index (κ3) is 6.64. The van der Waals surface area contributed by atoms with Crippen LogP contribution in [0, 0.1) is 0 Å². The zero-order valence-corrected chi connectivity index (χ0v) is 22.5. The molecule has 192 valence electrons. The summed E-state index contributed by atoms with van der Waals surface area (Å²) in [6.45, 7) is 5.02. The number of anilines is 2. The van der Waals surface area contributed by atoms with Gasteiger partial charge in [-0.25, -0.2) is 16.8 Å². The minimum absolute atomic E-state index is 0.0663. The van der Waals surface area contributed by atoms with Gasteiger partial charge in [-0.1, -0.05) is 57.0 Å². The Labute approximate surface area is 210 Å². The van der Waals surface area contributed by atoms with E-state index in [-0.39, 0.29) is 17.2 Å². The van der Waals surface area contributed by atoms with Gasteiger partial charge in [0.15, 0.2) is 5.78 Å². The second-order valence-corrected chi connectivity index (χ2v) is 13.2. The van der Waals surface area contributed by atoms with Gasteiger partial charge in [0.2, 0.25) is 20.0 Å². The summed E-state index contributed by atoms with van der Waals surface area (Å²) in [6.07, 6.45) is 5.26. The second-order valence-electron chi connectivity index (χ2n) is 9.17. The molecule has 0 saturated carbocycles. The van der Waals surface area contributed by atoms with E-state index >= 15 is 0 Å². The van der Waals surface area contributed by atoms with Crippen LogP contribution in [0.1, 0.15) is 73.9 Å². The fourth-order valence-corrected chi connectivity index (χ4v) is 8.12. The molecular formula is C26H36N2O5S2. The van der Waals surface area contributed by atoms with Crippen molar-refractivity contribution in [2.24, 2.45) is 0 Å². The standard InChI is InChI=1S/C26H36N2O5S2/c1-4-6-15-25(29)23-18-22-14-11-16-27(20-21-12-9-8-10-13-21)26(22)24(19-23)28(34(3,30)31)35(32,33)17-7-5-2/h8-10,12-13,18-19H,4-7,11,14-17,20H2,1-3H3. The van der Waals surface area contributed by atoms with Gasteiger partial charge in [-0.15, -0.1) is 0 Å². The van der Waals surface area contributed by atoms with Gasteiger partial charge in [-0.3, -0.25) is 4.79 Å². The van der Waals surface area contributed by atoms with Crippen LogP contribution in [0.3, 0.4) is 0 Å². The first-order valence-corrected chi connectivity index (χ1v) is 15.8. The molecular weight excluding hydrogens is 484 g/mol. The molecule has 0 fully saturated rings. The molecule has 0 atom stereocenters. The van der Waals surface area contributed by atoms with E-state index in [9.17, 15) is 21.6 Å². The van der Waals surface area contributed by atoms with Gasteiger partial charge in [0, 0.05) is 25.1 Å². The molecule has 1 heterocycles. The minimum atomic E-state index is -4.19. The van der Waals surface area contributed by atoms with E-state index in [2.05, 4.69) is 0 Å². The van der Waals surface area contributed by atoms with Crippen molar-refractivity contribution in [3.63, 3.8) is 0 Å². The Morgan fingerprint density at radius 1 is 1.00 bits per heavy atom. The molecule has 0 radical (unpaired) electrons. The Morgan fingerprint density at radius 3 is 2.31 bits per heavy atom. The molecule has 1 aliphatic rings. The van der Waals surface area contributed by atoms with Crippen LogP contribution in [0.15, 0.2) is 42.5 Å². The van der Waals surface area contributed by atoms with Crippen molar-refractivity contribution in [1.29, 1.82) is 0 Å². The zero-order valence-electron chi connectivity index (χ0n) is 20.9. The molecule has 3 rings (SSSR count). The zero-order chi connectivity index (χ0) is 25.6. The van der Waals surface area contributed by atoms with Crippen LogP contribution in [0.5, 0.6) is 0 Å². The van der Waals surface area contributed by atoms with Gasteiger partial charge >= 0.3 is 0 Å². The van der Waals surface area contributed by atoms with Crippen molar-refractivity contribution in [3.05, 3.63) is 59.2 Å². The third-order valence-corrected chi connectivity index (χ3v) is 9.96. The summed E-state index contributed by atoms with van der Waals surface area (Å²) in [5, 5.41) is 0. The molecule has 2 aromatic carbocycles. The van der Waals surface area contributed by atoms with Crippen molar-refractivity contribution in [3.8, 4) is 0 Å². The maximum Gasteiger partial charge on any atom is 0.248 e. The molecule has 0 amide bonds. The second kappa shape index (κ2) is 11.6. The maximum absolute atomic E-state index is 13.4. The summed E-state index contributed by atoms with van der Waals surface area (Å²) in [5.74, 6) is -0.381. The summed E-state index contributed by atoms with van der Waals surface area (Å²) < 4.78 is 53.3. The van der Waals surface area contributed by atoms with E-state index < -0.39 is 20.0 Å². The highest BCUT2D eigenvalue weighted by Gasteiger charge is 2.36. The van der Waals surface area contributed by atoms with Crippen molar-refractivity contribution < 1.29 is 21.6 Å². The first-order chi connectivity index (χ1) is 16.6. The minimum Gasteiger partial charge on any atom is -0.365 e. The average molecular weight is 521 g/mol. The topological polar surface area (TPSA) is 91.8 Å². The van der Waals surface area contributed by atoms with Crippen LogP contribution in [0.4, 0.5) is 11.4 Å². The van der Waals surface area contributed by atoms with E-state index in [4.69, 9.17) is 0 Å². The highest BCUT2D eigenvalue weighted by molar-refractivity contribution is 8.09. The van der Waals surface area contributed by atoms with Gasteiger partial charge in [0.1, 0.15) is 0 Å². The van der Waals surface area contributed by atoms with Gasteiger partial charge in [-0.05, 0) is 48.9 Å². The average Bonchev–Trinajstić information content (AvgIpc) is 2.80. The lowest BCUT2D eigenvalue weighted by Gasteiger charge is -2.36. The van der Waals surface area contributed by atoms with Gasteiger partial charge < -0.3 is 4.90 Å². The van der Waals surface area contributed by atoms with E-state index in [0.717, 1.165) is 36.6 Å². The fourth-order valence-electron chi connectivity index (χ4n) is 4.49. The molecule has 0 aliphatic carbocycles. The number of Topliss-reactive ketones (excluding diaryl/α,β-unsaturated/α-hetero) is 1. The number of unbranched alkanes of at least 4 members (excludes halogenated alkanes) is 2. The molecule has 35 heavy (non-hydrogen) atoms. The van der Waals surface area contributed by atoms with Crippen LogP contribution in [0.25, 0.3) is 0 Å². The maximum atomic E-state index is 13.4. The molecule has 2 aromatic rings. The number of ketones is 1. The molecule has 0 saturated heterocycles. The number of carbonyl (C=O) groups excluding carboxylic acids is 1. The molecule has 9 heteroatoms. The number of benzene rings is 2. The lowest BCUT2D eigenvalue weighted by molar-refractivity contribution is 0.0979. The van der Waals surface area contributed by atoms with E-state index in [1.54, 1.807) is 0 Å². The first-order valence-electron chi connectivity index (χ1n) is 12.3. The van der Waals surface area contributed by atoms with Crippen LogP contribution >= 0.6 is 0 Å². The Kier molecular flexibility index (Phi) is 8.99. The third-order valence-electron chi connectivity index (χ3n) is 6.16. The normalized spacial score (nSPS) is 14.0. The number of aryl methyl sites for hydroxylation is 1. The molecule has 0 N–H and O–H groups in total. The first kappa shape index (κ1) is 27.2. The summed E-state index contributed by atoms with van der Waals surface area (Å²) >= 11 is 0. The van der Waals surface area contributed by atoms with Crippen LogP contribution in [0.2, 0.25) is 0 Å². The smallest absolute Gasteiger partial charge is 0.248 e. The Hall–Kier alpha value is -2.39. The predicted molar refractivity (Wildman–Crippen MR) is 142 cm³/mol. The van der Waals surface area contributed by atoms with Crippen molar-refractivity contribution >= 4 is 37.2 Å². The monoisotopic (exact) mass is 520 g/mol. The van der Waals surface area contributed by atoms with Gasteiger partial charge in [-0.2, -0.15) is 3.71 Å². The number of carbonyl (C=O) groups is 1. The summed E-state index contributed by atoms with van der Waals surface area (Å²) in [4.78, 5) is 15.0. The number of fused-ring (bicyclic) bond motifs is 1. The van der Waals surface area contributed by atoms with E-state index in [1.807, 2.05) is 55.1 Å². The van der Waals surface area contributed by atoms with Crippen LogP contribution in [-0.4, -0.2) is 41.2 Å². The van der Waals surface area contributed by atoms with Gasteiger partial charge in [0.25, 0.3) is 0 Å². The van der Waals surface area contributed by atoms with Crippen molar-refractivity contribution in [2.45, 2.75) is 65.3 Å². The Balaban J connectivity index is 2.23. The summed E-state index contributed by atoms with van der Waals surface area (Å²) in [6, 6.07) is 13.1. The molecule has 0 spiro atoms. The highest BCUT2D eigenvalue weighted by atomic mass is 32.3. The van der Waals surface area contributed by atoms with Gasteiger partial charge in [0.05, 0.1) is 23.4 Å². The summed E-state index contributed by atoms with van der Waals surface area (Å²) in [7, 11) is -8.36. The van der Waals surface area contributed by atoms with E-state index in [0.29, 0.717) is 53.7 Å². The fraction of sp³-hybridized carbons (Fsp3) is 0.500. The van der Waals surface area contributed by atoms with Crippen LogP contribution in [-0.2, 0) is 33.0 Å². The highest BCUT2D eigenvalue weighted by Crippen LogP contribution is 2.41. The lowest BCUT2D eigenvalue weighted by atomic mass is 9.94. The predicted octanol–water partition coefficient (Wildman–Crippen LogP) is 4.91. The molecule has 0 aromatic heterocycles. The van der Waals surface area contributed by atoms with Crippen LogP contribution < -0.4 is 8.61 Å². The molecule has 0 bridgehead atoms. The number of rotatable bonds is 12. The van der Waals surface area contributed by atoms with E-state index in [1.165, 1.54) is 6.07 Å². The quantitative estimate of drug-likeness (QED) is 0.369. The largest absolute Gasteiger partial charge is 0.365 e. The SMILES string of the molecule is CCCCC(=O)c1cc2c(c(N(S(C)(=O)=O)S(=O)(=O)CCCC)c1)N(Cc1ccccc1)CCC2. The van der Waals surface area contributed by atoms with Crippen molar-refractivity contribution in [1.82, 2.24) is 0 Å². The molecule has 1 aliphatic heterocycles.